The van der Waals surface area contributed by atoms with E-state index in [0.29, 0.717) is 6.61 Å². The van der Waals surface area contributed by atoms with Crippen LogP contribution >= 0.6 is 22.9 Å². The van der Waals surface area contributed by atoms with Crippen LogP contribution in [0.25, 0.3) is 0 Å². The van der Waals surface area contributed by atoms with Gasteiger partial charge in [0.2, 0.25) is 0 Å². The molecule has 0 saturated heterocycles. The van der Waals surface area contributed by atoms with Crippen molar-refractivity contribution >= 4 is 22.9 Å². The van der Waals surface area contributed by atoms with Gasteiger partial charge in [-0.25, -0.2) is 0 Å². The van der Waals surface area contributed by atoms with E-state index in [1.165, 1.54) is 21.6 Å². The van der Waals surface area contributed by atoms with E-state index in [2.05, 4.69) is 61.5 Å². The van der Waals surface area contributed by atoms with Crippen LogP contribution in [0.3, 0.4) is 0 Å². The highest BCUT2D eigenvalue weighted by molar-refractivity contribution is 7.16. The molecule has 0 aliphatic rings. The SMILES string of the molecule is CC(OCc1ccc(CCc2ccccc2)cc1)c1ccc(Cl)s1. The molecule has 0 amide bonds. The Morgan fingerprint density at radius 1 is 0.833 bits per heavy atom. The van der Waals surface area contributed by atoms with Crippen molar-refractivity contribution in [2.75, 3.05) is 0 Å². The number of rotatable bonds is 7. The van der Waals surface area contributed by atoms with Gasteiger partial charge >= 0.3 is 0 Å². The van der Waals surface area contributed by atoms with Crippen LogP contribution in [0.4, 0.5) is 0 Å². The Morgan fingerprint density at radius 2 is 1.46 bits per heavy atom. The van der Waals surface area contributed by atoms with E-state index in [9.17, 15) is 0 Å². The van der Waals surface area contributed by atoms with Crippen molar-refractivity contribution in [1.82, 2.24) is 0 Å². The lowest BCUT2D eigenvalue weighted by atomic mass is 10.0. The molecular formula is C21H21ClOS. The zero-order chi connectivity index (χ0) is 16.8. The van der Waals surface area contributed by atoms with Crippen molar-refractivity contribution < 1.29 is 4.74 Å². The van der Waals surface area contributed by atoms with Gasteiger partial charge in [-0.05, 0) is 48.6 Å². The zero-order valence-corrected chi connectivity index (χ0v) is 15.3. The van der Waals surface area contributed by atoms with Gasteiger partial charge in [0.1, 0.15) is 0 Å². The Labute approximate surface area is 152 Å². The molecule has 1 heterocycles. The van der Waals surface area contributed by atoms with Gasteiger partial charge in [-0.3, -0.25) is 0 Å². The number of ether oxygens (including phenoxy) is 1. The summed E-state index contributed by atoms with van der Waals surface area (Å²) in [5.41, 5.74) is 3.95. The fourth-order valence-electron chi connectivity index (χ4n) is 2.59. The summed E-state index contributed by atoms with van der Waals surface area (Å²) < 4.78 is 6.76. The molecule has 3 aromatic rings. The lowest BCUT2D eigenvalue weighted by Crippen LogP contribution is -1.99. The van der Waals surface area contributed by atoms with Crippen LogP contribution in [0.2, 0.25) is 4.34 Å². The van der Waals surface area contributed by atoms with Gasteiger partial charge in [0.15, 0.2) is 0 Å². The third kappa shape index (κ3) is 4.94. The average Bonchev–Trinajstić information content (AvgIpc) is 3.06. The molecule has 0 saturated carbocycles. The maximum Gasteiger partial charge on any atom is 0.0932 e. The Hall–Kier alpha value is -1.61. The minimum atomic E-state index is 0.0697. The van der Waals surface area contributed by atoms with E-state index in [1.807, 2.05) is 12.1 Å². The fourth-order valence-corrected chi connectivity index (χ4v) is 3.65. The molecule has 0 aliphatic heterocycles. The summed E-state index contributed by atoms with van der Waals surface area (Å²) in [4.78, 5) is 1.17. The molecular weight excluding hydrogens is 336 g/mol. The number of halogens is 1. The first-order valence-electron chi connectivity index (χ1n) is 8.19. The smallest absolute Gasteiger partial charge is 0.0932 e. The molecule has 2 aromatic carbocycles. The Bertz CT molecular complexity index is 749. The van der Waals surface area contributed by atoms with Crippen LogP contribution in [0.5, 0.6) is 0 Å². The maximum absolute atomic E-state index is 5.98. The first-order valence-corrected chi connectivity index (χ1v) is 9.39. The summed E-state index contributed by atoms with van der Waals surface area (Å²) in [5.74, 6) is 0. The van der Waals surface area contributed by atoms with Crippen LogP contribution in [0.1, 0.15) is 34.6 Å². The van der Waals surface area contributed by atoms with Crippen LogP contribution in [-0.4, -0.2) is 0 Å². The molecule has 124 valence electrons. The molecule has 1 nitrogen and oxygen atoms in total. The van der Waals surface area contributed by atoms with Gasteiger partial charge in [-0.15, -0.1) is 11.3 Å². The monoisotopic (exact) mass is 356 g/mol. The summed E-state index contributed by atoms with van der Waals surface area (Å²) in [6.07, 6.45) is 2.21. The third-order valence-electron chi connectivity index (χ3n) is 4.06. The average molecular weight is 357 g/mol. The highest BCUT2D eigenvalue weighted by Gasteiger charge is 2.08. The molecule has 0 radical (unpaired) electrons. The van der Waals surface area contributed by atoms with Crippen molar-refractivity contribution in [1.29, 1.82) is 0 Å². The molecule has 0 fully saturated rings. The minimum Gasteiger partial charge on any atom is -0.368 e. The van der Waals surface area contributed by atoms with Gasteiger partial charge in [0, 0.05) is 4.88 Å². The molecule has 0 aliphatic carbocycles. The minimum absolute atomic E-state index is 0.0697. The van der Waals surface area contributed by atoms with Gasteiger partial charge in [0.25, 0.3) is 0 Å². The van der Waals surface area contributed by atoms with Crippen molar-refractivity contribution in [2.45, 2.75) is 32.5 Å². The predicted molar refractivity (Wildman–Crippen MR) is 103 cm³/mol. The Morgan fingerprint density at radius 3 is 2.08 bits per heavy atom. The standard InChI is InChI=1S/C21H21ClOS/c1-16(20-13-14-21(22)24-20)23-15-19-11-9-18(10-12-19)8-7-17-5-3-2-4-6-17/h2-6,9-14,16H,7-8,15H2,1H3. The fraction of sp³-hybridized carbons (Fsp3) is 0.238. The third-order valence-corrected chi connectivity index (χ3v) is 5.46. The quantitative estimate of drug-likeness (QED) is 0.471. The molecule has 1 aromatic heterocycles. The summed E-state index contributed by atoms with van der Waals surface area (Å²) in [6, 6.07) is 23.3. The Kier molecular flexibility index (Phi) is 6.08. The van der Waals surface area contributed by atoms with Crippen molar-refractivity contribution in [3.8, 4) is 0 Å². The first-order chi connectivity index (χ1) is 11.7. The van der Waals surface area contributed by atoms with Crippen molar-refractivity contribution in [3.63, 3.8) is 0 Å². The predicted octanol–water partition coefficient (Wildman–Crippen LogP) is 6.46. The summed E-state index contributed by atoms with van der Waals surface area (Å²) in [6.45, 7) is 2.69. The Balaban J connectivity index is 1.49. The largest absolute Gasteiger partial charge is 0.368 e. The first kappa shape index (κ1) is 17.2. The summed E-state index contributed by atoms with van der Waals surface area (Å²) >= 11 is 7.55. The second kappa shape index (κ2) is 8.48. The van der Waals surface area contributed by atoms with E-state index in [4.69, 9.17) is 16.3 Å². The number of thiophene rings is 1. The molecule has 0 spiro atoms. The number of hydrogen-bond acceptors (Lipinski definition) is 2. The molecule has 0 bridgehead atoms. The van der Waals surface area contributed by atoms with E-state index < -0.39 is 0 Å². The molecule has 1 atom stereocenters. The molecule has 1 unspecified atom stereocenters. The lowest BCUT2D eigenvalue weighted by Gasteiger charge is -2.11. The highest BCUT2D eigenvalue weighted by Crippen LogP contribution is 2.29. The maximum atomic E-state index is 5.98. The van der Waals surface area contributed by atoms with Crippen molar-refractivity contribution in [3.05, 3.63) is 92.6 Å². The van der Waals surface area contributed by atoms with E-state index in [-0.39, 0.29) is 6.10 Å². The zero-order valence-electron chi connectivity index (χ0n) is 13.7. The molecule has 3 rings (SSSR count). The molecule has 0 N–H and O–H groups in total. The number of benzene rings is 2. The second-order valence-electron chi connectivity index (χ2n) is 5.90. The normalized spacial score (nSPS) is 12.2. The number of hydrogen-bond donors (Lipinski definition) is 0. The second-order valence-corrected chi connectivity index (χ2v) is 7.64. The van der Waals surface area contributed by atoms with E-state index in [0.717, 1.165) is 17.2 Å². The van der Waals surface area contributed by atoms with Crippen LogP contribution in [0, 0.1) is 0 Å². The van der Waals surface area contributed by atoms with Crippen LogP contribution in [-0.2, 0) is 24.2 Å². The summed E-state index contributed by atoms with van der Waals surface area (Å²) in [5, 5.41) is 0. The van der Waals surface area contributed by atoms with Gasteiger partial charge in [-0.2, -0.15) is 0 Å². The van der Waals surface area contributed by atoms with E-state index in [1.54, 1.807) is 11.3 Å². The van der Waals surface area contributed by atoms with E-state index >= 15 is 0 Å². The van der Waals surface area contributed by atoms with Gasteiger partial charge in [-0.1, -0.05) is 66.2 Å². The number of aryl methyl sites for hydroxylation is 2. The molecule has 24 heavy (non-hydrogen) atoms. The highest BCUT2D eigenvalue weighted by atomic mass is 35.5. The lowest BCUT2D eigenvalue weighted by molar-refractivity contribution is 0.0549. The summed E-state index contributed by atoms with van der Waals surface area (Å²) in [7, 11) is 0. The van der Waals surface area contributed by atoms with Crippen LogP contribution < -0.4 is 0 Å². The van der Waals surface area contributed by atoms with Crippen molar-refractivity contribution in [2.24, 2.45) is 0 Å². The molecule has 3 heteroatoms. The van der Waals surface area contributed by atoms with Crippen LogP contribution in [0.15, 0.2) is 66.7 Å². The van der Waals surface area contributed by atoms with Gasteiger partial charge < -0.3 is 4.74 Å². The van der Waals surface area contributed by atoms with Gasteiger partial charge in [0.05, 0.1) is 17.0 Å². The topological polar surface area (TPSA) is 9.23 Å².